The second-order valence-corrected chi connectivity index (χ2v) is 9.14. The number of amides is 1. The van der Waals surface area contributed by atoms with Crippen molar-refractivity contribution in [3.05, 3.63) is 113 Å². The predicted molar refractivity (Wildman–Crippen MR) is 128 cm³/mol. The van der Waals surface area contributed by atoms with Crippen molar-refractivity contribution in [2.75, 3.05) is 5.32 Å². The molecule has 0 bridgehead atoms. The molecular weight excluding hydrogens is 416 g/mol. The average Bonchev–Trinajstić information content (AvgIpc) is 3.45. The van der Waals surface area contributed by atoms with Crippen molar-refractivity contribution in [3.8, 4) is 5.75 Å². The molecule has 0 radical (unpaired) electrons. The van der Waals surface area contributed by atoms with Gasteiger partial charge >= 0.3 is 0 Å². The van der Waals surface area contributed by atoms with Crippen LogP contribution in [0, 0.1) is 5.92 Å². The monoisotopic (exact) mass is 440 g/mol. The fourth-order valence-electron chi connectivity index (χ4n) is 4.64. The highest BCUT2D eigenvalue weighted by molar-refractivity contribution is 7.13. The summed E-state index contributed by atoms with van der Waals surface area (Å²) >= 11 is 1.44. The second-order valence-electron chi connectivity index (χ2n) is 8.24. The lowest BCUT2D eigenvalue weighted by Gasteiger charge is -2.32. The van der Waals surface area contributed by atoms with Crippen LogP contribution in [0.4, 0.5) is 5.13 Å². The number of fused-ring (bicyclic) bond motifs is 1. The van der Waals surface area contributed by atoms with Crippen LogP contribution in [0.15, 0.2) is 90.4 Å². The van der Waals surface area contributed by atoms with Crippen LogP contribution in [0.25, 0.3) is 0 Å². The zero-order valence-corrected chi connectivity index (χ0v) is 18.6. The molecule has 1 N–H and O–H groups in total. The van der Waals surface area contributed by atoms with E-state index in [1.807, 2.05) is 41.8 Å². The molecule has 0 saturated heterocycles. The molecule has 32 heavy (non-hydrogen) atoms. The van der Waals surface area contributed by atoms with Crippen LogP contribution in [0.5, 0.6) is 5.75 Å². The number of hydrogen-bond acceptors (Lipinski definition) is 4. The van der Waals surface area contributed by atoms with E-state index in [2.05, 4.69) is 59.7 Å². The largest absolute Gasteiger partial charge is 0.489 e. The van der Waals surface area contributed by atoms with Crippen molar-refractivity contribution in [2.45, 2.75) is 25.4 Å². The van der Waals surface area contributed by atoms with E-state index < -0.39 is 5.41 Å². The molecule has 1 aromatic heterocycles. The zero-order chi connectivity index (χ0) is 22.0. The third-order valence-electron chi connectivity index (χ3n) is 6.38. The average molecular weight is 441 g/mol. The van der Waals surface area contributed by atoms with Gasteiger partial charge in [0.15, 0.2) is 5.13 Å². The van der Waals surface area contributed by atoms with E-state index in [1.165, 1.54) is 22.5 Å². The van der Waals surface area contributed by atoms with Crippen LogP contribution in [0.1, 0.15) is 29.2 Å². The van der Waals surface area contributed by atoms with Crippen LogP contribution in [-0.2, 0) is 23.2 Å². The number of nitrogens with zero attached hydrogens (tertiary/aromatic N) is 1. The number of thiazole rings is 1. The molecule has 4 nitrogen and oxygen atoms in total. The van der Waals surface area contributed by atoms with E-state index in [9.17, 15) is 4.79 Å². The smallest absolute Gasteiger partial charge is 0.230 e. The Morgan fingerprint density at radius 2 is 1.81 bits per heavy atom. The summed E-state index contributed by atoms with van der Waals surface area (Å²) in [5, 5.41) is 5.52. The molecular formula is C27H24N2O2S. The summed E-state index contributed by atoms with van der Waals surface area (Å²) in [6, 6.07) is 26.7. The lowest BCUT2D eigenvalue weighted by molar-refractivity contribution is -0.121. The standard InChI is InChI=1S/C27H24N2O2S/c1-27(21-11-13-22(14-12-21)31-18-19-7-3-2-4-8-19)23-10-6-5-9-20(23)17-24(27)25(30)29-26-28-15-16-32-26/h2-16,24H,17-18H2,1H3,(H,28,29,30)/t24-,27-/m0/s1. The third-order valence-corrected chi connectivity index (χ3v) is 7.07. The van der Waals surface area contributed by atoms with E-state index in [0.29, 0.717) is 18.2 Å². The fraction of sp³-hybridized carbons (Fsp3) is 0.185. The number of hydrogen-bond donors (Lipinski definition) is 1. The molecule has 5 heteroatoms. The van der Waals surface area contributed by atoms with Gasteiger partial charge in [0.05, 0.1) is 5.92 Å². The van der Waals surface area contributed by atoms with Gasteiger partial charge in [-0.05, 0) is 40.8 Å². The van der Waals surface area contributed by atoms with E-state index in [-0.39, 0.29) is 11.8 Å². The van der Waals surface area contributed by atoms with Gasteiger partial charge in [0, 0.05) is 17.0 Å². The van der Waals surface area contributed by atoms with Gasteiger partial charge in [-0.25, -0.2) is 4.98 Å². The minimum Gasteiger partial charge on any atom is -0.489 e. The van der Waals surface area contributed by atoms with Crippen molar-refractivity contribution in [2.24, 2.45) is 5.92 Å². The number of carbonyl (C=O) groups excluding carboxylic acids is 1. The van der Waals surface area contributed by atoms with Crippen molar-refractivity contribution in [3.63, 3.8) is 0 Å². The molecule has 1 amide bonds. The Kier molecular flexibility index (Phi) is 5.50. The quantitative estimate of drug-likeness (QED) is 0.410. The molecule has 4 aromatic rings. The molecule has 1 aliphatic carbocycles. The Morgan fingerprint density at radius 3 is 2.56 bits per heavy atom. The summed E-state index contributed by atoms with van der Waals surface area (Å²) in [7, 11) is 0. The van der Waals surface area contributed by atoms with Gasteiger partial charge in [-0.3, -0.25) is 4.79 Å². The molecule has 0 fully saturated rings. The molecule has 0 spiro atoms. The Bertz CT molecular complexity index is 1210. The number of aromatic nitrogens is 1. The first-order valence-electron chi connectivity index (χ1n) is 10.7. The van der Waals surface area contributed by atoms with Crippen molar-refractivity contribution in [1.29, 1.82) is 0 Å². The van der Waals surface area contributed by atoms with E-state index in [4.69, 9.17) is 4.74 Å². The molecule has 1 aliphatic rings. The van der Waals surface area contributed by atoms with Crippen LogP contribution in [0.2, 0.25) is 0 Å². The lowest BCUT2D eigenvalue weighted by atomic mass is 9.71. The second kappa shape index (κ2) is 8.60. The number of nitrogens with one attached hydrogen (secondary N) is 1. The predicted octanol–water partition coefficient (Wildman–Crippen LogP) is 5.84. The maximum Gasteiger partial charge on any atom is 0.230 e. The minimum atomic E-state index is -0.435. The Morgan fingerprint density at radius 1 is 1.06 bits per heavy atom. The van der Waals surface area contributed by atoms with Gasteiger partial charge < -0.3 is 10.1 Å². The number of ether oxygens (including phenoxy) is 1. The van der Waals surface area contributed by atoms with E-state index in [1.54, 1.807) is 6.20 Å². The molecule has 5 rings (SSSR count). The van der Waals surface area contributed by atoms with Gasteiger partial charge in [-0.1, -0.05) is 73.7 Å². The first-order valence-corrected chi connectivity index (χ1v) is 11.6. The van der Waals surface area contributed by atoms with Gasteiger partial charge in [0.25, 0.3) is 0 Å². The highest BCUT2D eigenvalue weighted by Gasteiger charge is 2.48. The maximum atomic E-state index is 13.3. The van der Waals surface area contributed by atoms with Crippen LogP contribution in [0.3, 0.4) is 0 Å². The molecule has 3 aromatic carbocycles. The topological polar surface area (TPSA) is 51.2 Å². The normalized spacial score (nSPS) is 19.3. The highest BCUT2D eigenvalue weighted by atomic mass is 32.1. The van der Waals surface area contributed by atoms with Gasteiger partial charge in [-0.2, -0.15) is 0 Å². The number of benzene rings is 3. The minimum absolute atomic E-state index is 0.00283. The lowest BCUT2D eigenvalue weighted by Crippen LogP contribution is -2.38. The highest BCUT2D eigenvalue weighted by Crippen LogP contribution is 2.48. The summed E-state index contributed by atoms with van der Waals surface area (Å²) < 4.78 is 5.97. The summed E-state index contributed by atoms with van der Waals surface area (Å²) in [6.45, 7) is 2.70. The van der Waals surface area contributed by atoms with Crippen molar-refractivity contribution < 1.29 is 9.53 Å². The van der Waals surface area contributed by atoms with Crippen molar-refractivity contribution in [1.82, 2.24) is 4.98 Å². The summed E-state index contributed by atoms with van der Waals surface area (Å²) in [5.41, 5.74) is 4.23. The molecule has 0 aliphatic heterocycles. The number of carbonyl (C=O) groups is 1. The Labute approximate surface area is 191 Å². The summed E-state index contributed by atoms with van der Waals surface area (Å²) in [4.78, 5) is 17.6. The molecule has 160 valence electrons. The maximum absolute atomic E-state index is 13.3. The summed E-state index contributed by atoms with van der Waals surface area (Å²) in [5.74, 6) is 0.596. The number of anilines is 1. The summed E-state index contributed by atoms with van der Waals surface area (Å²) in [6.07, 6.45) is 2.41. The Balaban J connectivity index is 1.42. The number of rotatable bonds is 6. The van der Waals surface area contributed by atoms with Gasteiger partial charge in [0.2, 0.25) is 5.91 Å². The fourth-order valence-corrected chi connectivity index (χ4v) is 5.18. The van der Waals surface area contributed by atoms with Gasteiger partial charge in [0.1, 0.15) is 12.4 Å². The first-order chi connectivity index (χ1) is 15.6. The van der Waals surface area contributed by atoms with Crippen molar-refractivity contribution >= 4 is 22.4 Å². The first kappa shape index (κ1) is 20.5. The van der Waals surface area contributed by atoms with Crippen LogP contribution < -0.4 is 10.1 Å². The Hall–Kier alpha value is -3.44. The van der Waals surface area contributed by atoms with E-state index >= 15 is 0 Å². The zero-order valence-electron chi connectivity index (χ0n) is 17.8. The van der Waals surface area contributed by atoms with E-state index in [0.717, 1.165) is 16.9 Å². The van der Waals surface area contributed by atoms with Crippen LogP contribution >= 0.6 is 11.3 Å². The molecule has 2 atom stereocenters. The molecule has 0 saturated carbocycles. The molecule has 1 heterocycles. The third kappa shape index (κ3) is 3.80. The van der Waals surface area contributed by atoms with Crippen LogP contribution in [-0.4, -0.2) is 10.9 Å². The SMILES string of the molecule is C[C@]1(c2ccc(OCc3ccccc3)cc2)c2ccccc2C[C@H]1C(=O)Nc1nccs1. The van der Waals surface area contributed by atoms with Gasteiger partial charge in [-0.15, -0.1) is 11.3 Å². The molecule has 0 unspecified atom stereocenters.